The van der Waals surface area contributed by atoms with Crippen molar-refractivity contribution in [1.82, 2.24) is 0 Å². The summed E-state index contributed by atoms with van der Waals surface area (Å²) in [6.07, 6.45) is -38.5. The largest absolute Gasteiger partial charge is 0.462 e. The van der Waals surface area contributed by atoms with Crippen molar-refractivity contribution < 1.29 is 136 Å². The molecule has 0 heterocycles. The molecule has 0 bridgehead atoms. The first-order chi connectivity index (χ1) is 26.3. The molecule has 354 valence electrons. The number of hydrogen-bond donors (Lipinski definition) is 1. The summed E-state index contributed by atoms with van der Waals surface area (Å²) in [5, 5.41) is 8.63. The minimum absolute atomic E-state index is 0.0581. The lowest BCUT2D eigenvalue weighted by molar-refractivity contribution is -0.451. The van der Waals surface area contributed by atoms with Gasteiger partial charge in [0.05, 0.1) is 19.3 Å². The van der Waals surface area contributed by atoms with Crippen molar-refractivity contribution in [3.05, 3.63) is 36.5 Å². The maximum absolute atomic E-state index is 13.3. The Kier molecular flexibility index (Phi) is 23.1. The average Bonchev–Trinajstić information content (AvgIpc) is 3.03. The topological polar surface area (TPSA) is 127 Å². The highest BCUT2D eigenvalue weighted by Gasteiger charge is 2.77. The fourth-order valence-corrected chi connectivity index (χ4v) is 2.34. The molecule has 0 aliphatic heterocycles. The zero-order chi connectivity index (χ0) is 48.8. The molecule has 0 spiro atoms. The van der Waals surface area contributed by atoms with Crippen molar-refractivity contribution in [2.24, 2.45) is 0 Å². The monoisotopic (exact) mass is 934 g/mol. The van der Waals surface area contributed by atoms with Gasteiger partial charge in [0.15, 0.2) is 0 Å². The van der Waals surface area contributed by atoms with Crippen molar-refractivity contribution in [3.8, 4) is 0 Å². The summed E-state index contributed by atoms with van der Waals surface area (Å²) < 4.78 is 271. The summed E-state index contributed by atoms with van der Waals surface area (Å²) in [4.78, 5) is 32.4. The molecule has 0 radical (unpaired) electrons. The highest BCUT2D eigenvalue weighted by atomic mass is 19.4. The van der Waals surface area contributed by atoms with Crippen LogP contribution in [0, 0.1) is 0 Å². The number of rotatable bonds is 20. The van der Waals surface area contributed by atoms with E-state index in [2.05, 4.69) is 48.2 Å². The first-order valence-corrected chi connectivity index (χ1v) is 15.2. The van der Waals surface area contributed by atoms with Gasteiger partial charge in [0, 0.05) is 16.7 Å². The SMILES string of the molecule is C=C(C)C(=O)OC(=O)C(=C)C.C=C(C)C(=O)OC(C)COCC(F)(F)C(F)OC(F)(F)C(F)(F)C(F)(F)F.CC(O)COCC(F)(F)C(F)OC(F)(F)C(F)(F)C(F)(F)F. The Bertz CT molecular complexity index is 1420. The van der Waals surface area contributed by atoms with Gasteiger partial charge in [-0.2, -0.15) is 79.0 Å². The molecule has 0 saturated carbocycles. The van der Waals surface area contributed by atoms with Gasteiger partial charge in [-0.3, -0.25) is 9.47 Å². The Labute approximate surface area is 325 Å². The van der Waals surface area contributed by atoms with Gasteiger partial charge in [0.25, 0.3) is 12.7 Å². The Morgan fingerprint density at radius 1 is 0.533 bits per heavy atom. The molecule has 0 amide bonds. The molecular weight excluding hydrogens is 900 g/mol. The molecule has 0 aromatic carbocycles. The van der Waals surface area contributed by atoms with Gasteiger partial charge in [-0.1, -0.05) is 19.7 Å². The minimum Gasteiger partial charge on any atom is -0.457 e. The van der Waals surface area contributed by atoms with Gasteiger partial charge in [-0.25, -0.2) is 23.2 Å². The number of aliphatic hydroxyl groups is 1. The summed E-state index contributed by atoms with van der Waals surface area (Å²) >= 11 is 0. The third kappa shape index (κ3) is 19.7. The zero-order valence-electron chi connectivity index (χ0n) is 30.9. The number of hydrogen-bond acceptors (Lipinski definition) is 10. The molecule has 0 aromatic heterocycles. The van der Waals surface area contributed by atoms with Crippen LogP contribution in [0.25, 0.3) is 0 Å². The second kappa shape index (κ2) is 22.9. The van der Waals surface area contributed by atoms with E-state index in [-0.39, 0.29) is 16.7 Å². The van der Waals surface area contributed by atoms with Crippen LogP contribution in [-0.4, -0.2) is 123 Å². The summed E-state index contributed by atoms with van der Waals surface area (Å²) in [5.41, 5.74) is 0.330. The zero-order valence-corrected chi connectivity index (χ0v) is 30.9. The maximum atomic E-state index is 13.3. The van der Waals surface area contributed by atoms with Crippen LogP contribution in [0.1, 0.15) is 34.6 Å². The van der Waals surface area contributed by atoms with E-state index in [1.165, 1.54) is 20.8 Å². The first kappa shape index (κ1) is 60.5. The minimum atomic E-state index is -6.92. The summed E-state index contributed by atoms with van der Waals surface area (Å²) in [7, 11) is 0. The third-order valence-corrected chi connectivity index (χ3v) is 5.45. The van der Waals surface area contributed by atoms with Crippen LogP contribution < -0.4 is 0 Å². The number of alkyl halides is 20. The fourth-order valence-electron chi connectivity index (χ4n) is 2.34. The molecule has 0 saturated heterocycles. The van der Waals surface area contributed by atoms with Gasteiger partial charge < -0.3 is 24.1 Å². The third-order valence-electron chi connectivity index (χ3n) is 5.45. The van der Waals surface area contributed by atoms with Gasteiger partial charge in [0.2, 0.25) is 0 Å². The lowest BCUT2D eigenvalue weighted by Crippen LogP contribution is -2.56. The van der Waals surface area contributed by atoms with E-state index in [1.54, 1.807) is 0 Å². The lowest BCUT2D eigenvalue weighted by Gasteiger charge is -2.30. The van der Waals surface area contributed by atoms with Crippen molar-refractivity contribution in [3.63, 3.8) is 0 Å². The predicted molar refractivity (Wildman–Crippen MR) is 158 cm³/mol. The van der Waals surface area contributed by atoms with Crippen LogP contribution in [0.2, 0.25) is 0 Å². The van der Waals surface area contributed by atoms with Crippen molar-refractivity contribution in [2.45, 2.75) is 108 Å². The Morgan fingerprint density at radius 3 is 1.07 bits per heavy atom. The number of halogens is 20. The Morgan fingerprint density at radius 2 is 0.817 bits per heavy atom. The van der Waals surface area contributed by atoms with Crippen LogP contribution >= 0.6 is 0 Å². The molecule has 4 atom stereocenters. The molecule has 60 heavy (non-hydrogen) atoms. The van der Waals surface area contributed by atoms with E-state index in [4.69, 9.17) is 5.11 Å². The number of ether oxygens (including phenoxy) is 6. The maximum Gasteiger partial charge on any atom is 0.462 e. The van der Waals surface area contributed by atoms with E-state index in [0.717, 1.165) is 13.8 Å². The summed E-state index contributed by atoms with van der Waals surface area (Å²) in [6.45, 7) is 10.6. The van der Waals surface area contributed by atoms with Gasteiger partial charge >= 0.3 is 66.2 Å². The van der Waals surface area contributed by atoms with Gasteiger partial charge in [0.1, 0.15) is 19.3 Å². The molecule has 0 aliphatic carbocycles. The van der Waals surface area contributed by atoms with Crippen molar-refractivity contribution >= 4 is 17.9 Å². The molecule has 0 aliphatic rings. The first-order valence-electron chi connectivity index (χ1n) is 15.2. The average molecular weight is 935 g/mol. The van der Waals surface area contributed by atoms with Crippen molar-refractivity contribution in [2.75, 3.05) is 26.4 Å². The number of carbonyl (C=O) groups is 3. The molecule has 30 heteroatoms. The smallest absolute Gasteiger partial charge is 0.457 e. The highest BCUT2D eigenvalue weighted by molar-refractivity contribution is 6.00. The van der Waals surface area contributed by atoms with Gasteiger partial charge in [-0.05, 0) is 34.6 Å². The van der Waals surface area contributed by atoms with Crippen LogP contribution in [0.5, 0.6) is 0 Å². The van der Waals surface area contributed by atoms with E-state index in [0.29, 0.717) is 0 Å². The molecule has 0 aromatic rings. The Hall–Kier alpha value is -3.77. The molecular formula is C30H34F20O10. The normalized spacial score (nSPS) is 15.2. The van der Waals surface area contributed by atoms with Crippen LogP contribution in [0.3, 0.4) is 0 Å². The van der Waals surface area contributed by atoms with E-state index in [9.17, 15) is 102 Å². The van der Waals surface area contributed by atoms with E-state index >= 15 is 0 Å². The molecule has 1 N–H and O–H groups in total. The molecule has 0 fully saturated rings. The Balaban J connectivity index is -0.000000880. The van der Waals surface area contributed by atoms with E-state index < -0.39 is 118 Å². The van der Waals surface area contributed by atoms with Crippen LogP contribution in [0.15, 0.2) is 36.5 Å². The number of esters is 3. The highest BCUT2D eigenvalue weighted by Crippen LogP contribution is 2.49. The van der Waals surface area contributed by atoms with Crippen LogP contribution in [0.4, 0.5) is 87.8 Å². The quantitative estimate of drug-likeness (QED) is 0.0549. The van der Waals surface area contributed by atoms with Gasteiger partial charge in [-0.15, -0.1) is 0 Å². The second-order valence-electron chi connectivity index (χ2n) is 11.7. The van der Waals surface area contributed by atoms with Crippen LogP contribution in [-0.2, 0) is 42.8 Å². The predicted octanol–water partition coefficient (Wildman–Crippen LogP) is 8.58. The fraction of sp³-hybridized carbons (Fsp3) is 0.700. The molecule has 0 rings (SSSR count). The lowest BCUT2D eigenvalue weighted by atomic mass is 10.3. The molecule has 10 nitrogen and oxygen atoms in total. The summed E-state index contributed by atoms with van der Waals surface area (Å²) in [6, 6.07) is 0. The van der Waals surface area contributed by atoms with Crippen molar-refractivity contribution in [1.29, 1.82) is 0 Å². The standard InChI is InChI=1S/C13H14F10O4.C9H10F10O3.C8H10O3/c1-6(2)8(24)26-7(3)4-25-5-10(15,16)9(14)27-13(22,23)11(17,18)12(19,20)21;1-4(20)2-21-3-6(11,12)5(10)22-9(18,19)7(13,14)8(15,16)17;1-5(2)7(9)11-8(10)6(3)4/h7,9H,1,4-5H2,2-3H3;4-5,20H,2-3H2,1H3;1,3H2,2,4H3. The summed E-state index contributed by atoms with van der Waals surface area (Å²) in [5.74, 6) is -26.1. The second-order valence-corrected chi connectivity index (χ2v) is 11.7. The number of aliphatic hydroxyl groups excluding tert-OH is 1. The molecule has 4 unspecified atom stereocenters. The number of carbonyl (C=O) groups excluding carboxylic acids is 3. The van der Waals surface area contributed by atoms with E-state index in [1.807, 2.05) is 0 Å².